The van der Waals surface area contributed by atoms with Gasteiger partial charge >= 0.3 is 0 Å². The van der Waals surface area contributed by atoms with Crippen LogP contribution in [0.15, 0.2) is 34.2 Å². The fourth-order valence-corrected chi connectivity index (χ4v) is 4.42. The van der Waals surface area contributed by atoms with E-state index in [2.05, 4.69) is 27.4 Å². The van der Waals surface area contributed by atoms with Gasteiger partial charge in [0.1, 0.15) is 10.7 Å². The Labute approximate surface area is 185 Å². The summed E-state index contributed by atoms with van der Waals surface area (Å²) in [6, 6.07) is 5.79. The highest BCUT2D eigenvalue weighted by Gasteiger charge is 2.20. The van der Waals surface area contributed by atoms with Crippen molar-refractivity contribution < 1.29 is 12.8 Å². The first-order chi connectivity index (χ1) is 13.0. The number of guanidine groups is 1. The van der Waals surface area contributed by atoms with E-state index >= 15 is 0 Å². The summed E-state index contributed by atoms with van der Waals surface area (Å²) in [4.78, 5) is 6.58. The summed E-state index contributed by atoms with van der Waals surface area (Å²) in [5, 5.41) is 6.56. The molecule has 28 heavy (non-hydrogen) atoms. The van der Waals surface area contributed by atoms with Crippen LogP contribution < -0.4 is 10.6 Å². The molecule has 0 amide bonds. The van der Waals surface area contributed by atoms with Crippen molar-refractivity contribution in [3.8, 4) is 0 Å². The van der Waals surface area contributed by atoms with Crippen molar-refractivity contribution in [3.05, 3.63) is 30.1 Å². The molecule has 1 aromatic rings. The smallest absolute Gasteiger partial charge is 0.191 e. The van der Waals surface area contributed by atoms with Gasteiger partial charge in [-0.2, -0.15) is 0 Å². The van der Waals surface area contributed by atoms with Gasteiger partial charge in [-0.25, -0.2) is 12.8 Å². The normalized spacial score (nSPS) is 16.5. The van der Waals surface area contributed by atoms with E-state index in [1.165, 1.54) is 24.6 Å². The van der Waals surface area contributed by atoms with Crippen molar-refractivity contribution in [2.45, 2.75) is 44.0 Å². The Kier molecular flexibility index (Phi) is 11.3. The lowest BCUT2D eigenvalue weighted by Gasteiger charge is -2.32. The molecule has 0 radical (unpaired) electrons. The Bertz CT molecular complexity index is 722. The molecule has 0 bridgehead atoms. The SMILES string of the molecule is CCCN1CCC(NC(=NCCS(=O)(=O)c2ccccc2F)NCC)CC1.I. The second-order valence-corrected chi connectivity index (χ2v) is 8.85. The van der Waals surface area contributed by atoms with Crippen LogP contribution in [0, 0.1) is 5.82 Å². The first kappa shape index (κ1) is 25.1. The van der Waals surface area contributed by atoms with E-state index in [0.717, 1.165) is 38.5 Å². The lowest BCUT2D eigenvalue weighted by molar-refractivity contribution is 0.206. The van der Waals surface area contributed by atoms with E-state index in [1.54, 1.807) is 0 Å². The van der Waals surface area contributed by atoms with Gasteiger partial charge in [0.2, 0.25) is 0 Å². The maximum absolute atomic E-state index is 13.7. The largest absolute Gasteiger partial charge is 0.357 e. The zero-order valence-corrected chi connectivity index (χ0v) is 19.8. The fraction of sp³-hybridized carbons (Fsp3) is 0.632. The second kappa shape index (κ2) is 12.6. The molecule has 1 aliphatic heterocycles. The molecular weight excluding hydrogens is 494 g/mol. The summed E-state index contributed by atoms with van der Waals surface area (Å²) in [5.74, 6) is -0.320. The average Bonchev–Trinajstić information content (AvgIpc) is 2.64. The van der Waals surface area contributed by atoms with Crippen molar-refractivity contribution in [2.24, 2.45) is 4.99 Å². The zero-order valence-electron chi connectivity index (χ0n) is 16.7. The third-order valence-electron chi connectivity index (χ3n) is 4.61. The van der Waals surface area contributed by atoms with E-state index in [0.29, 0.717) is 18.5 Å². The number of piperidine rings is 1. The summed E-state index contributed by atoms with van der Waals surface area (Å²) in [5.41, 5.74) is 0. The minimum Gasteiger partial charge on any atom is -0.357 e. The lowest BCUT2D eigenvalue weighted by Crippen LogP contribution is -2.48. The Hall–Kier alpha value is -0.940. The molecule has 1 fully saturated rings. The van der Waals surface area contributed by atoms with Crippen LogP contribution in [0.1, 0.15) is 33.1 Å². The minimum absolute atomic E-state index is 0. The number of benzene rings is 1. The number of aliphatic imine (C=N–C) groups is 1. The number of likely N-dealkylation sites (tertiary alicyclic amines) is 1. The molecule has 0 aliphatic carbocycles. The van der Waals surface area contributed by atoms with Gasteiger partial charge < -0.3 is 15.5 Å². The van der Waals surface area contributed by atoms with Crippen LogP contribution in [0.4, 0.5) is 4.39 Å². The van der Waals surface area contributed by atoms with Gasteiger partial charge in [-0.05, 0) is 44.9 Å². The highest BCUT2D eigenvalue weighted by Crippen LogP contribution is 2.15. The number of hydrogen-bond donors (Lipinski definition) is 2. The predicted molar refractivity (Wildman–Crippen MR) is 123 cm³/mol. The van der Waals surface area contributed by atoms with Gasteiger partial charge in [0.15, 0.2) is 15.8 Å². The molecule has 1 aromatic carbocycles. The van der Waals surface area contributed by atoms with Gasteiger partial charge in [0.05, 0.1) is 12.3 Å². The van der Waals surface area contributed by atoms with Crippen molar-refractivity contribution in [1.82, 2.24) is 15.5 Å². The molecule has 1 aliphatic rings. The van der Waals surface area contributed by atoms with Crippen LogP contribution in [0.25, 0.3) is 0 Å². The average molecular weight is 526 g/mol. The molecule has 0 unspecified atom stereocenters. The number of nitrogens with one attached hydrogen (secondary N) is 2. The second-order valence-electron chi connectivity index (χ2n) is 6.77. The van der Waals surface area contributed by atoms with E-state index in [1.807, 2.05) is 6.92 Å². The molecule has 1 saturated heterocycles. The molecule has 0 atom stereocenters. The minimum atomic E-state index is -3.69. The first-order valence-corrected chi connectivity index (χ1v) is 11.4. The quantitative estimate of drug-likeness (QED) is 0.310. The van der Waals surface area contributed by atoms with E-state index < -0.39 is 15.7 Å². The molecule has 0 saturated carbocycles. The monoisotopic (exact) mass is 526 g/mol. The van der Waals surface area contributed by atoms with Crippen LogP contribution in [-0.2, 0) is 9.84 Å². The van der Waals surface area contributed by atoms with Gasteiger partial charge in [0, 0.05) is 25.7 Å². The van der Waals surface area contributed by atoms with Crippen LogP contribution in [-0.4, -0.2) is 63.8 Å². The van der Waals surface area contributed by atoms with Crippen molar-refractivity contribution in [1.29, 1.82) is 0 Å². The Morgan fingerprint density at radius 1 is 1.25 bits per heavy atom. The van der Waals surface area contributed by atoms with Gasteiger partial charge in [-0.3, -0.25) is 4.99 Å². The highest BCUT2D eigenvalue weighted by atomic mass is 127. The number of nitrogens with zero attached hydrogens (tertiary/aromatic N) is 2. The fourth-order valence-electron chi connectivity index (χ4n) is 3.22. The summed E-state index contributed by atoms with van der Waals surface area (Å²) < 4.78 is 38.4. The zero-order chi connectivity index (χ0) is 19.7. The Morgan fingerprint density at radius 3 is 2.54 bits per heavy atom. The first-order valence-electron chi connectivity index (χ1n) is 9.70. The van der Waals surface area contributed by atoms with E-state index in [9.17, 15) is 12.8 Å². The van der Waals surface area contributed by atoms with Crippen LogP contribution in [0.3, 0.4) is 0 Å². The van der Waals surface area contributed by atoms with Crippen LogP contribution in [0.5, 0.6) is 0 Å². The Balaban J connectivity index is 0.00000392. The summed E-state index contributed by atoms with van der Waals surface area (Å²) >= 11 is 0. The van der Waals surface area contributed by atoms with Crippen molar-refractivity contribution in [2.75, 3.05) is 38.5 Å². The molecule has 6 nitrogen and oxygen atoms in total. The van der Waals surface area contributed by atoms with Crippen LogP contribution >= 0.6 is 24.0 Å². The van der Waals surface area contributed by atoms with E-state index in [4.69, 9.17) is 0 Å². The molecule has 2 N–H and O–H groups in total. The van der Waals surface area contributed by atoms with Crippen LogP contribution in [0.2, 0.25) is 0 Å². The molecule has 160 valence electrons. The predicted octanol–water partition coefficient (Wildman–Crippen LogP) is 2.65. The molecule has 0 aromatic heterocycles. The topological polar surface area (TPSA) is 73.8 Å². The molecule has 2 rings (SSSR count). The maximum atomic E-state index is 13.7. The number of rotatable bonds is 8. The maximum Gasteiger partial charge on any atom is 0.191 e. The summed E-state index contributed by atoms with van der Waals surface area (Å²) in [7, 11) is -3.69. The molecule has 1 heterocycles. The third-order valence-corrected chi connectivity index (χ3v) is 6.34. The molecule has 0 spiro atoms. The van der Waals surface area contributed by atoms with Gasteiger partial charge in [-0.15, -0.1) is 24.0 Å². The summed E-state index contributed by atoms with van der Waals surface area (Å²) in [6.45, 7) is 8.20. The molecular formula is C19H32FIN4O2S. The van der Waals surface area contributed by atoms with Crippen molar-refractivity contribution in [3.63, 3.8) is 0 Å². The van der Waals surface area contributed by atoms with Gasteiger partial charge in [0.25, 0.3) is 0 Å². The van der Waals surface area contributed by atoms with E-state index in [-0.39, 0.29) is 41.2 Å². The third kappa shape index (κ3) is 7.82. The number of halogens is 2. The highest BCUT2D eigenvalue weighted by molar-refractivity contribution is 14.0. The summed E-state index contributed by atoms with van der Waals surface area (Å²) in [6.07, 6.45) is 3.24. The lowest BCUT2D eigenvalue weighted by atomic mass is 10.1. The van der Waals surface area contributed by atoms with Gasteiger partial charge in [-0.1, -0.05) is 19.1 Å². The Morgan fingerprint density at radius 2 is 1.93 bits per heavy atom. The molecule has 9 heteroatoms. The standard InChI is InChI=1S/C19H31FN4O2S.HI/c1-3-12-24-13-9-16(10-14-24)23-19(21-4-2)22-11-15-27(25,26)18-8-6-5-7-17(18)20;/h5-8,16H,3-4,9-15H2,1-2H3,(H2,21,22,23);1H. The number of sulfone groups is 1. The van der Waals surface area contributed by atoms with Crippen molar-refractivity contribution >= 4 is 39.8 Å². The number of hydrogen-bond acceptors (Lipinski definition) is 4.